The van der Waals surface area contributed by atoms with Crippen LogP contribution in [0.5, 0.6) is 0 Å². The summed E-state index contributed by atoms with van der Waals surface area (Å²) in [7, 11) is -3.80. The van der Waals surface area contributed by atoms with Gasteiger partial charge in [-0.05, 0) is 0 Å². The highest BCUT2D eigenvalue weighted by Gasteiger charge is 2.44. The molecular weight excluding hydrogens is 327 g/mol. The molecule has 2 rings (SSSR count). The van der Waals surface area contributed by atoms with Crippen LogP contribution in [0.25, 0.3) is 0 Å². The van der Waals surface area contributed by atoms with Gasteiger partial charge in [0, 0.05) is 0 Å². The third-order valence-electron chi connectivity index (χ3n) is 2.98. The van der Waals surface area contributed by atoms with E-state index in [0.29, 0.717) is 10.8 Å². The van der Waals surface area contributed by atoms with Crippen molar-refractivity contribution in [2.75, 3.05) is 12.9 Å². The van der Waals surface area contributed by atoms with Gasteiger partial charge in [-0.25, -0.2) is 4.79 Å². The Labute approximate surface area is 122 Å². The van der Waals surface area contributed by atoms with E-state index in [2.05, 4.69) is 4.18 Å². The number of aliphatic hydroxyl groups is 2. The molecule has 1 fully saturated rings. The van der Waals surface area contributed by atoms with Crippen LogP contribution in [-0.2, 0) is 19.0 Å². The topological polar surface area (TPSA) is 148 Å². The van der Waals surface area contributed by atoms with Crippen molar-refractivity contribution in [3.05, 3.63) is 32.9 Å². The SMILES string of the molecule is CS(=O)(=O)OC[C@H]1OC(n2cc(F)c(=O)[nH]c2=O)[C@H](O)[C@@H]1O. The number of aliphatic hydroxyl groups excluding tert-OH is 2. The number of ether oxygens (including phenoxy) is 1. The largest absolute Gasteiger partial charge is 0.387 e. The Morgan fingerprint density at radius 2 is 2.05 bits per heavy atom. The van der Waals surface area contributed by atoms with E-state index in [1.165, 1.54) is 0 Å². The number of hydrogen-bond acceptors (Lipinski definition) is 8. The Bertz CT molecular complexity index is 772. The molecule has 22 heavy (non-hydrogen) atoms. The Hall–Kier alpha value is -1.60. The maximum atomic E-state index is 13.2. The zero-order valence-corrected chi connectivity index (χ0v) is 12.0. The fourth-order valence-corrected chi connectivity index (χ4v) is 2.32. The highest BCUT2D eigenvalue weighted by atomic mass is 32.2. The van der Waals surface area contributed by atoms with Crippen LogP contribution in [0.15, 0.2) is 15.8 Å². The Morgan fingerprint density at radius 3 is 2.64 bits per heavy atom. The van der Waals surface area contributed by atoms with Crippen LogP contribution in [0, 0.1) is 5.82 Å². The van der Waals surface area contributed by atoms with Crippen LogP contribution in [0.1, 0.15) is 6.23 Å². The summed E-state index contributed by atoms with van der Waals surface area (Å²) in [5, 5.41) is 19.6. The fourth-order valence-electron chi connectivity index (χ4n) is 1.94. The predicted octanol–water partition coefficient (Wildman–Crippen LogP) is -2.73. The first-order valence-corrected chi connectivity index (χ1v) is 7.79. The highest BCUT2D eigenvalue weighted by molar-refractivity contribution is 7.85. The molecule has 12 heteroatoms. The number of hydrogen-bond donors (Lipinski definition) is 3. The second-order valence-corrected chi connectivity index (χ2v) is 6.32. The van der Waals surface area contributed by atoms with Crippen molar-refractivity contribution in [1.82, 2.24) is 9.55 Å². The Balaban J connectivity index is 2.25. The number of nitrogens with one attached hydrogen (secondary N) is 1. The van der Waals surface area contributed by atoms with Gasteiger partial charge in [-0.2, -0.15) is 12.8 Å². The standard InChI is InChI=1S/C10H13FN2O8S/c1-22(18,19)20-3-5-6(14)7(15)9(21-5)13-2-4(11)8(16)12-10(13)17/h2,5-7,9,14-15H,3H2,1H3,(H,12,16,17)/t5-,6-,7-,9?/m1/s1. The molecule has 0 saturated carbocycles. The number of halogens is 1. The number of H-pyrrole nitrogens is 1. The third-order valence-corrected chi connectivity index (χ3v) is 3.55. The van der Waals surface area contributed by atoms with Crippen LogP contribution in [-0.4, -0.2) is 59.4 Å². The molecule has 0 bridgehead atoms. The third kappa shape index (κ3) is 3.41. The maximum absolute atomic E-state index is 13.2. The van der Waals surface area contributed by atoms with Gasteiger partial charge in [-0.15, -0.1) is 0 Å². The molecule has 1 aromatic heterocycles. The van der Waals surface area contributed by atoms with E-state index in [1.54, 1.807) is 4.98 Å². The average Bonchev–Trinajstić information content (AvgIpc) is 2.68. The molecule has 3 N–H and O–H groups in total. The monoisotopic (exact) mass is 340 g/mol. The van der Waals surface area contributed by atoms with E-state index in [4.69, 9.17) is 4.74 Å². The van der Waals surface area contributed by atoms with Crippen molar-refractivity contribution >= 4 is 10.1 Å². The van der Waals surface area contributed by atoms with Crippen molar-refractivity contribution < 1.29 is 31.9 Å². The minimum Gasteiger partial charge on any atom is -0.387 e. The van der Waals surface area contributed by atoms with Crippen molar-refractivity contribution in [1.29, 1.82) is 0 Å². The smallest absolute Gasteiger partial charge is 0.330 e. The summed E-state index contributed by atoms with van der Waals surface area (Å²) in [4.78, 5) is 24.2. The lowest BCUT2D eigenvalue weighted by molar-refractivity contribution is -0.0513. The lowest BCUT2D eigenvalue weighted by Gasteiger charge is -2.16. The van der Waals surface area contributed by atoms with Gasteiger partial charge in [0.1, 0.15) is 18.3 Å². The van der Waals surface area contributed by atoms with E-state index in [9.17, 15) is 32.6 Å². The van der Waals surface area contributed by atoms with Gasteiger partial charge in [0.25, 0.3) is 15.7 Å². The van der Waals surface area contributed by atoms with Gasteiger partial charge in [0.15, 0.2) is 6.23 Å². The van der Waals surface area contributed by atoms with Crippen LogP contribution < -0.4 is 11.2 Å². The van der Waals surface area contributed by atoms with E-state index in [0.717, 1.165) is 6.26 Å². The molecule has 4 atom stereocenters. The molecule has 0 radical (unpaired) electrons. The van der Waals surface area contributed by atoms with Gasteiger partial charge in [-0.1, -0.05) is 0 Å². The first-order valence-electron chi connectivity index (χ1n) is 5.97. The van der Waals surface area contributed by atoms with E-state index >= 15 is 0 Å². The zero-order valence-electron chi connectivity index (χ0n) is 11.2. The van der Waals surface area contributed by atoms with Crippen molar-refractivity contribution in [2.45, 2.75) is 24.5 Å². The number of rotatable bonds is 4. The number of aromatic amines is 1. The lowest BCUT2D eigenvalue weighted by Crippen LogP contribution is -2.38. The normalized spacial score (nSPS) is 28.9. The van der Waals surface area contributed by atoms with Gasteiger partial charge in [-0.3, -0.25) is 18.5 Å². The van der Waals surface area contributed by atoms with E-state index in [-0.39, 0.29) is 0 Å². The average molecular weight is 340 g/mol. The van der Waals surface area contributed by atoms with Crippen LogP contribution in [0.2, 0.25) is 0 Å². The summed E-state index contributed by atoms with van der Waals surface area (Å²) < 4.78 is 45.1. The molecule has 2 heterocycles. The quantitative estimate of drug-likeness (QED) is 0.500. The zero-order chi connectivity index (χ0) is 16.7. The molecule has 10 nitrogen and oxygen atoms in total. The predicted molar refractivity (Wildman–Crippen MR) is 68.0 cm³/mol. The van der Waals surface area contributed by atoms with Gasteiger partial charge in [0.05, 0.1) is 19.1 Å². The van der Waals surface area contributed by atoms with Crippen molar-refractivity contribution in [3.63, 3.8) is 0 Å². The molecule has 1 saturated heterocycles. The van der Waals surface area contributed by atoms with Crippen LogP contribution in [0.4, 0.5) is 4.39 Å². The molecule has 1 aromatic rings. The molecule has 0 amide bonds. The molecule has 0 aliphatic carbocycles. The second kappa shape index (κ2) is 5.89. The highest BCUT2D eigenvalue weighted by Crippen LogP contribution is 2.28. The molecular formula is C10H13FN2O8S. The fraction of sp³-hybridized carbons (Fsp3) is 0.600. The van der Waals surface area contributed by atoms with Gasteiger partial charge < -0.3 is 14.9 Å². The Morgan fingerprint density at radius 1 is 1.41 bits per heavy atom. The van der Waals surface area contributed by atoms with E-state index in [1.807, 2.05) is 0 Å². The lowest BCUT2D eigenvalue weighted by atomic mass is 10.1. The summed E-state index contributed by atoms with van der Waals surface area (Å²) >= 11 is 0. The number of aromatic nitrogens is 2. The van der Waals surface area contributed by atoms with Crippen molar-refractivity contribution in [3.8, 4) is 0 Å². The van der Waals surface area contributed by atoms with Gasteiger partial charge in [0.2, 0.25) is 5.82 Å². The van der Waals surface area contributed by atoms with Crippen LogP contribution >= 0.6 is 0 Å². The molecule has 0 aromatic carbocycles. The number of nitrogens with zero attached hydrogens (tertiary/aromatic N) is 1. The minimum absolute atomic E-state index is 0.515. The summed E-state index contributed by atoms with van der Waals surface area (Å²) in [6, 6.07) is 0. The molecule has 0 spiro atoms. The van der Waals surface area contributed by atoms with E-state index < -0.39 is 58.3 Å². The van der Waals surface area contributed by atoms with Crippen LogP contribution in [0.3, 0.4) is 0 Å². The first-order chi connectivity index (χ1) is 10.1. The summed E-state index contributed by atoms with van der Waals surface area (Å²) in [6.07, 6.45) is -4.71. The molecule has 1 aliphatic heterocycles. The summed E-state index contributed by atoms with van der Waals surface area (Å²) in [5.41, 5.74) is -2.31. The van der Waals surface area contributed by atoms with Crippen molar-refractivity contribution in [2.24, 2.45) is 0 Å². The minimum atomic E-state index is -3.80. The first kappa shape index (κ1) is 16.8. The Kier molecular flexibility index (Phi) is 4.49. The molecule has 1 aliphatic rings. The summed E-state index contributed by atoms with van der Waals surface area (Å²) in [6.45, 7) is -0.603. The summed E-state index contributed by atoms with van der Waals surface area (Å²) in [5.74, 6) is -1.29. The second-order valence-electron chi connectivity index (χ2n) is 4.68. The maximum Gasteiger partial charge on any atom is 0.330 e. The van der Waals surface area contributed by atoms with Gasteiger partial charge >= 0.3 is 5.69 Å². The molecule has 1 unspecified atom stereocenters. The molecule has 124 valence electrons.